The minimum absolute atomic E-state index is 0.265. The van der Waals surface area contributed by atoms with E-state index in [0.717, 1.165) is 29.3 Å². The van der Waals surface area contributed by atoms with Gasteiger partial charge in [0.15, 0.2) is 11.5 Å². The quantitative estimate of drug-likeness (QED) is 0.311. The van der Waals surface area contributed by atoms with E-state index in [1.54, 1.807) is 43.6 Å². The first-order valence-corrected chi connectivity index (χ1v) is 11.9. The van der Waals surface area contributed by atoms with E-state index in [-0.39, 0.29) is 5.56 Å². The van der Waals surface area contributed by atoms with Crippen LogP contribution in [-0.4, -0.2) is 54.3 Å². The second-order valence-electron chi connectivity index (χ2n) is 8.68. The Balaban J connectivity index is 1.37. The highest BCUT2D eigenvalue weighted by molar-refractivity contribution is 6.04. The molecule has 5 rings (SSSR count). The van der Waals surface area contributed by atoms with Crippen LogP contribution in [0.1, 0.15) is 29.6 Å². The topological polar surface area (TPSA) is 81.1 Å². The van der Waals surface area contributed by atoms with E-state index in [0.29, 0.717) is 35.0 Å². The van der Waals surface area contributed by atoms with Gasteiger partial charge in [-0.25, -0.2) is 4.79 Å². The highest BCUT2D eigenvalue weighted by atomic mass is 16.5. The molecule has 1 aliphatic heterocycles. The fourth-order valence-corrected chi connectivity index (χ4v) is 4.60. The molecule has 7 heteroatoms. The summed E-state index contributed by atoms with van der Waals surface area (Å²) in [5.74, 6) is 1.57. The average molecular weight is 473 g/mol. The largest absolute Gasteiger partial charge is 0.493 e. The number of pyridine rings is 1. The number of benzene rings is 3. The summed E-state index contributed by atoms with van der Waals surface area (Å²) in [4.78, 5) is 18.5. The lowest BCUT2D eigenvalue weighted by Gasteiger charge is -2.16. The average Bonchev–Trinajstić information content (AvgIpc) is 3.39. The van der Waals surface area contributed by atoms with Gasteiger partial charge in [0.1, 0.15) is 11.5 Å². The third-order valence-corrected chi connectivity index (χ3v) is 6.37. The van der Waals surface area contributed by atoms with Crippen molar-refractivity contribution in [3.05, 3.63) is 66.4 Å². The minimum Gasteiger partial charge on any atom is -0.493 e. The number of nitrogens with zero attached hydrogens (tertiary/aromatic N) is 2. The van der Waals surface area contributed by atoms with Crippen LogP contribution in [0.5, 0.6) is 23.0 Å². The fraction of sp³-hybridized carbons (Fsp3) is 0.286. The van der Waals surface area contributed by atoms with Crippen molar-refractivity contribution in [3.8, 4) is 23.0 Å². The number of carboxylic acid groups (broad SMARTS) is 1. The molecule has 2 heterocycles. The van der Waals surface area contributed by atoms with Crippen LogP contribution in [0.15, 0.2) is 60.8 Å². The Morgan fingerprint density at radius 1 is 1.00 bits per heavy atom. The SMILES string of the molecule is COc1cc2c(Oc3ccc4c(C(=O)O)cccc4c3)ccnc2cc1OCCCN1CCCC1. The Bertz CT molecular complexity index is 1360. The molecular weight excluding hydrogens is 444 g/mol. The number of carboxylic acids is 1. The fourth-order valence-electron chi connectivity index (χ4n) is 4.60. The molecule has 180 valence electrons. The second kappa shape index (κ2) is 10.2. The zero-order valence-electron chi connectivity index (χ0n) is 19.7. The Hall–Kier alpha value is -3.84. The van der Waals surface area contributed by atoms with E-state index >= 15 is 0 Å². The molecule has 1 aliphatic rings. The summed E-state index contributed by atoms with van der Waals surface area (Å²) in [6, 6.07) is 16.2. The predicted molar refractivity (Wildman–Crippen MR) is 135 cm³/mol. The summed E-state index contributed by atoms with van der Waals surface area (Å²) in [6.07, 6.45) is 5.24. The highest BCUT2D eigenvalue weighted by Crippen LogP contribution is 2.37. The number of hydrogen-bond donors (Lipinski definition) is 1. The molecule has 0 bridgehead atoms. The number of likely N-dealkylation sites (tertiary alicyclic amines) is 1. The van der Waals surface area contributed by atoms with Gasteiger partial charge in [-0.3, -0.25) is 4.98 Å². The van der Waals surface area contributed by atoms with Crippen LogP contribution >= 0.6 is 0 Å². The molecule has 0 aliphatic carbocycles. The summed E-state index contributed by atoms with van der Waals surface area (Å²) < 4.78 is 17.9. The first-order chi connectivity index (χ1) is 17.1. The van der Waals surface area contributed by atoms with Gasteiger partial charge < -0.3 is 24.2 Å². The molecule has 0 amide bonds. The Morgan fingerprint density at radius 2 is 1.86 bits per heavy atom. The molecule has 0 radical (unpaired) electrons. The maximum atomic E-state index is 11.5. The molecule has 1 saturated heterocycles. The second-order valence-corrected chi connectivity index (χ2v) is 8.68. The molecule has 0 unspecified atom stereocenters. The van der Waals surface area contributed by atoms with Crippen molar-refractivity contribution in [1.29, 1.82) is 0 Å². The lowest BCUT2D eigenvalue weighted by Crippen LogP contribution is -2.21. The van der Waals surface area contributed by atoms with Crippen LogP contribution in [0.4, 0.5) is 0 Å². The molecule has 3 aromatic carbocycles. The summed E-state index contributed by atoms with van der Waals surface area (Å²) in [7, 11) is 1.62. The smallest absolute Gasteiger partial charge is 0.336 e. The molecule has 1 fully saturated rings. The predicted octanol–water partition coefficient (Wildman–Crippen LogP) is 5.75. The number of aromatic carboxylic acids is 1. The molecule has 1 N–H and O–H groups in total. The number of ether oxygens (including phenoxy) is 3. The van der Waals surface area contributed by atoms with Crippen LogP contribution in [0, 0.1) is 0 Å². The van der Waals surface area contributed by atoms with Crippen LogP contribution in [0.3, 0.4) is 0 Å². The van der Waals surface area contributed by atoms with Gasteiger partial charge in [-0.15, -0.1) is 0 Å². The van der Waals surface area contributed by atoms with Gasteiger partial charge in [0.2, 0.25) is 0 Å². The van der Waals surface area contributed by atoms with Crippen molar-refractivity contribution < 1.29 is 24.1 Å². The summed E-state index contributed by atoms with van der Waals surface area (Å²) >= 11 is 0. The first kappa shape index (κ1) is 22.9. The molecule has 35 heavy (non-hydrogen) atoms. The van der Waals surface area contributed by atoms with Gasteiger partial charge in [-0.1, -0.05) is 12.1 Å². The lowest BCUT2D eigenvalue weighted by atomic mass is 10.0. The first-order valence-electron chi connectivity index (χ1n) is 11.9. The molecule has 7 nitrogen and oxygen atoms in total. The van der Waals surface area contributed by atoms with Crippen molar-refractivity contribution in [3.63, 3.8) is 0 Å². The zero-order chi connectivity index (χ0) is 24.2. The Kier molecular flexibility index (Phi) is 6.68. The normalized spacial score (nSPS) is 13.9. The number of methoxy groups -OCH3 is 1. The Morgan fingerprint density at radius 3 is 2.66 bits per heavy atom. The van der Waals surface area contributed by atoms with Crippen LogP contribution in [0.2, 0.25) is 0 Å². The third-order valence-electron chi connectivity index (χ3n) is 6.37. The number of aromatic nitrogens is 1. The molecule has 0 spiro atoms. The van der Waals surface area contributed by atoms with Crippen molar-refractivity contribution in [1.82, 2.24) is 9.88 Å². The maximum absolute atomic E-state index is 11.5. The third kappa shape index (κ3) is 5.00. The lowest BCUT2D eigenvalue weighted by molar-refractivity contribution is 0.0699. The maximum Gasteiger partial charge on any atom is 0.336 e. The van der Waals surface area contributed by atoms with E-state index in [1.807, 2.05) is 24.3 Å². The Labute approximate surface area is 203 Å². The minimum atomic E-state index is -0.953. The van der Waals surface area contributed by atoms with Crippen molar-refractivity contribution >= 4 is 27.6 Å². The van der Waals surface area contributed by atoms with Crippen molar-refractivity contribution in [2.45, 2.75) is 19.3 Å². The van der Waals surface area contributed by atoms with E-state index in [2.05, 4.69) is 9.88 Å². The molecule has 4 aromatic rings. The van der Waals surface area contributed by atoms with Gasteiger partial charge in [0, 0.05) is 24.2 Å². The number of rotatable bonds is 9. The van der Waals surface area contributed by atoms with Gasteiger partial charge in [-0.05, 0) is 79.5 Å². The molecule has 1 aromatic heterocycles. The monoisotopic (exact) mass is 472 g/mol. The molecule has 0 atom stereocenters. The zero-order valence-corrected chi connectivity index (χ0v) is 19.7. The van der Waals surface area contributed by atoms with Crippen LogP contribution in [-0.2, 0) is 0 Å². The summed E-state index contributed by atoms with van der Waals surface area (Å²) in [5, 5.41) is 11.7. The van der Waals surface area contributed by atoms with E-state index < -0.39 is 5.97 Å². The summed E-state index contributed by atoms with van der Waals surface area (Å²) in [5.41, 5.74) is 1.01. The number of hydrogen-bond acceptors (Lipinski definition) is 6. The molecular formula is C28H28N2O5. The van der Waals surface area contributed by atoms with Crippen LogP contribution in [0.25, 0.3) is 21.7 Å². The van der Waals surface area contributed by atoms with E-state index in [4.69, 9.17) is 14.2 Å². The highest BCUT2D eigenvalue weighted by Gasteiger charge is 2.14. The standard InChI is InChI=1S/C28H28N2O5/c1-33-26-17-23-24(18-27(26)34-15-5-14-30-12-2-3-13-30)29-11-10-25(23)35-20-8-9-21-19(16-20)6-4-7-22(21)28(31)32/h4,6-11,16-18H,2-3,5,12-15H2,1H3,(H,31,32). The van der Waals surface area contributed by atoms with Gasteiger partial charge in [0.05, 0.1) is 24.8 Å². The van der Waals surface area contributed by atoms with Crippen molar-refractivity contribution in [2.75, 3.05) is 33.4 Å². The number of carbonyl (C=O) groups is 1. The van der Waals surface area contributed by atoms with Gasteiger partial charge >= 0.3 is 5.97 Å². The van der Waals surface area contributed by atoms with Gasteiger partial charge in [0.25, 0.3) is 0 Å². The number of fused-ring (bicyclic) bond motifs is 2. The van der Waals surface area contributed by atoms with Crippen molar-refractivity contribution in [2.24, 2.45) is 0 Å². The summed E-state index contributed by atoms with van der Waals surface area (Å²) in [6.45, 7) is 4.03. The van der Waals surface area contributed by atoms with Gasteiger partial charge in [-0.2, -0.15) is 0 Å². The molecule has 0 saturated carbocycles. The van der Waals surface area contributed by atoms with E-state index in [9.17, 15) is 9.90 Å². The van der Waals surface area contributed by atoms with Crippen LogP contribution < -0.4 is 14.2 Å². The van der Waals surface area contributed by atoms with E-state index in [1.165, 1.54) is 25.9 Å².